The average molecular weight is 582 g/mol. The lowest BCUT2D eigenvalue weighted by Gasteiger charge is -2.33. The van der Waals surface area contributed by atoms with E-state index >= 15 is 0 Å². The van der Waals surface area contributed by atoms with E-state index in [1.807, 2.05) is 12.1 Å². The number of fused-ring (bicyclic) bond motifs is 3. The van der Waals surface area contributed by atoms with Crippen LogP contribution in [0.5, 0.6) is 5.75 Å². The van der Waals surface area contributed by atoms with Crippen molar-refractivity contribution in [3.05, 3.63) is 59.7 Å². The number of hydrogen-bond donors (Lipinski definition) is 2. The maximum Gasteiger partial charge on any atom is 0.248 e. The molecule has 2 N–H and O–H groups in total. The van der Waals surface area contributed by atoms with Crippen molar-refractivity contribution in [1.82, 2.24) is 14.9 Å². The average Bonchev–Trinajstić information content (AvgIpc) is 3.19. The van der Waals surface area contributed by atoms with E-state index in [1.165, 1.54) is 18.5 Å². The number of morpholine rings is 1. The Hall–Kier alpha value is -3.31. The fourth-order valence-electron chi connectivity index (χ4n) is 5.70. The highest BCUT2D eigenvalue weighted by Crippen LogP contribution is 2.35. The quantitative estimate of drug-likeness (QED) is 0.327. The van der Waals surface area contributed by atoms with Gasteiger partial charge in [0.2, 0.25) is 5.91 Å². The van der Waals surface area contributed by atoms with Crippen LogP contribution in [0.25, 0.3) is 10.9 Å². The Morgan fingerprint density at radius 3 is 2.68 bits per heavy atom. The van der Waals surface area contributed by atoms with Gasteiger partial charge in [0.1, 0.15) is 23.7 Å². The molecular formula is C30H33ClFN5O4. The summed E-state index contributed by atoms with van der Waals surface area (Å²) in [5, 5.41) is 6.85. The van der Waals surface area contributed by atoms with Gasteiger partial charge in [-0.1, -0.05) is 17.7 Å². The van der Waals surface area contributed by atoms with Crippen LogP contribution >= 0.6 is 11.6 Å². The lowest BCUT2D eigenvalue weighted by molar-refractivity contribution is -0.112. The van der Waals surface area contributed by atoms with Gasteiger partial charge >= 0.3 is 0 Å². The molecule has 6 rings (SSSR count). The van der Waals surface area contributed by atoms with Crippen molar-refractivity contribution in [3.8, 4) is 5.75 Å². The topological polar surface area (TPSA) is 97.8 Å². The van der Waals surface area contributed by atoms with Crippen molar-refractivity contribution in [2.24, 2.45) is 5.92 Å². The van der Waals surface area contributed by atoms with Crippen LogP contribution in [0.3, 0.4) is 0 Å². The number of amides is 1. The molecule has 216 valence electrons. The summed E-state index contributed by atoms with van der Waals surface area (Å²) in [4.78, 5) is 24.3. The molecule has 4 heterocycles. The Kier molecular flexibility index (Phi) is 8.62. The van der Waals surface area contributed by atoms with Crippen molar-refractivity contribution in [2.45, 2.75) is 37.8 Å². The number of hydrogen-bond acceptors (Lipinski definition) is 8. The van der Waals surface area contributed by atoms with Gasteiger partial charge in [0.25, 0.3) is 0 Å². The highest BCUT2D eigenvalue weighted by atomic mass is 35.5. The number of carbonyl (C=O) groups is 1. The van der Waals surface area contributed by atoms with Crippen molar-refractivity contribution < 1.29 is 23.4 Å². The van der Waals surface area contributed by atoms with Crippen molar-refractivity contribution in [1.29, 1.82) is 0 Å². The first-order valence-electron chi connectivity index (χ1n) is 14.1. The van der Waals surface area contributed by atoms with Gasteiger partial charge in [-0.2, -0.15) is 0 Å². The Labute approximate surface area is 243 Å². The van der Waals surface area contributed by atoms with E-state index in [9.17, 15) is 9.18 Å². The molecule has 2 bridgehead atoms. The van der Waals surface area contributed by atoms with E-state index in [0.29, 0.717) is 65.0 Å². The molecule has 3 saturated heterocycles. The molecule has 41 heavy (non-hydrogen) atoms. The van der Waals surface area contributed by atoms with Crippen LogP contribution in [0.4, 0.5) is 21.6 Å². The molecular weight excluding hydrogens is 549 g/mol. The van der Waals surface area contributed by atoms with Gasteiger partial charge in [-0.25, -0.2) is 14.4 Å². The van der Waals surface area contributed by atoms with E-state index in [4.69, 9.17) is 25.8 Å². The molecule has 3 fully saturated rings. The molecule has 2 unspecified atom stereocenters. The smallest absolute Gasteiger partial charge is 0.248 e. The standard InChI is InChI=1S/C30H33ClFN5O4/c31-24-12-20(3-6-25(24)32)35-30-23-13-27(36-29(38)2-1-9-37-21-4-5-22(37)17-40-16-21)28(14-26(23)33-18-34-30)41-15-19-7-10-39-11-8-19/h1-3,6,12-14,18-19,21-22H,4-5,7-11,15-17H2,(H,36,38)(H,33,34,35)/b2-1+. The molecule has 2 aromatic carbocycles. The van der Waals surface area contributed by atoms with E-state index in [1.54, 1.807) is 18.2 Å². The third kappa shape index (κ3) is 6.62. The number of rotatable bonds is 9. The maximum atomic E-state index is 13.7. The number of carbonyl (C=O) groups excluding carboxylic acids is 1. The maximum absolute atomic E-state index is 13.7. The van der Waals surface area contributed by atoms with Crippen LogP contribution in [0.2, 0.25) is 5.02 Å². The monoisotopic (exact) mass is 581 g/mol. The Morgan fingerprint density at radius 2 is 1.90 bits per heavy atom. The normalized spacial score (nSPS) is 21.4. The molecule has 2 atom stereocenters. The molecule has 3 aliphatic heterocycles. The fraction of sp³-hybridized carbons (Fsp3) is 0.433. The molecule has 0 radical (unpaired) electrons. The van der Waals surface area contributed by atoms with Crippen LogP contribution in [0.15, 0.2) is 48.8 Å². The van der Waals surface area contributed by atoms with Gasteiger partial charge in [0.15, 0.2) is 0 Å². The molecule has 1 aromatic heterocycles. The Bertz CT molecular complexity index is 1420. The molecule has 0 spiro atoms. The Balaban J connectivity index is 1.23. The van der Waals surface area contributed by atoms with Crippen LogP contribution in [0.1, 0.15) is 25.7 Å². The molecule has 3 aliphatic rings. The van der Waals surface area contributed by atoms with E-state index in [2.05, 4.69) is 25.5 Å². The summed E-state index contributed by atoms with van der Waals surface area (Å²) in [6, 6.07) is 8.82. The summed E-state index contributed by atoms with van der Waals surface area (Å²) in [7, 11) is 0. The summed E-state index contributed by atoms with van der Waals surface area (Å²) in [5.41, 5.74) is 1.72. The SMILES string of the molecule is O=C(/C=C/CN1C2CCC1COC2)Nc1cc2c(Nc3ccc(F)c(Cl)c3)ncnc2cc1OCC1CCOCC1. The van der Waals surface area contributed by atoms with Gasteiger partial charge in [0, 0.05) is 55.1 Å². The summed E-state index contributed by atoms with van der Waals surface area (Å²) < 4.78 is 31.1. The first-order valence-corrected chi connectivity index (χ1v) is 14.4. The highest BCUT2D eigenvalue weighted by molar-refractivity contribution is 6.31. The molecule has 3 aromatic rings. The number of benzene rings is 2. The fourth-order valence-corrected chi connectivity index (χ4v) is 5.88. The van der Waals surface area contributed by atoms with E-state index in [-0.39, 0.29) is 10.9 Å². The molecule has 0 saturated carbocycles. The van der Waals surface area contributed by atoms with E-state index in [0.717, 1.165) is 52.1 Å². The summed E-state index contributed by atoms with van der Waals surface area (Å²) >= 11 is 5.98. The van der Waals surface area contributed by atoms with Crippen molar-refractivity contribution in [3.63, 3.8) is 0 Å². The summed E-state index contributed by atoms with van der Waals surface area (Å²) in [6.07, 6.45) is 9.05. The second kappa shape index (κ2) is 12.7. The van der Waals surface area contributed by atoms with Gasteiger partial charge in [-0.15, -0.1) is 0 Å². The zero-order valence-corrected chi connectivity index (χ0v) is 23.4. The first kappa shape index (κ1) is 27.8. The summed E-state index contributed by atoms with van der Waals surface area (Å²) in [6.45, 7) is 4.17. The summed E-state index contributed by atoms with van der Waals surface area (Å²) in [5.74, 6) is 0.638. The van der Waals surface area contributed by atoms with Crippen molar-refractivity contribution in [2.75, 3.05) is 50.2 Å². The molecule has 0 aliphatic carbocycles. The lowest BCUT2D eigenvalue weighted by Crippen LogP contribution is -2.45. The molecule has 11 heteroatoms. The minimum Gasteiger partial charge on any atom is -0.491 e. The number of ether oxygens (including phenoxy) is 3. The second-order valence-corrected chi connectivity index (χ2v) is 11.1. The minimum absolute atomic E-state index is 0.00184. The van der Waals surface area contributed by atoms with E-state index < -0.39 is 5.82 Å². The Morgan fingerprint density at radius 1 is 1.10 bits per heavy atom. The zero-order chi connectivity index (χ0) is 28.2. The van der Waals surface area contributed by atoms with Gasteiger partial charge in [-0.3, -0.25) is 9.69 Å². The zero-order valence-electron chi connectivity index (χ0n) is 22.7. The van der Waals surface area contributed by atoms with Gasteiger partial charge in [-0.05, 0) is 55.9 Å². The minimum atomic E-state index is -0.504. The predicted octanol–water partition coefficient (Wildman–Crippen LogP) is 5.33. The largest absolute Gasteiger partial charge is 0.491 e. The lowest BCUT2D eigenvalue weighted by atomic mass is 10.0. The number of nitrogens with one attached hydrogen (secondary N) is 2. The third-order valence-corrected chi connectivity index (χ3v) is 8.26. The highest BCUT2D eigenvalue weighted by Gasteiger charge is 2.36. The van der Waals surface area contributed by atoms with Gasteiger partial charge in [0.05, 0.1) is 36.0 Å². The second-order valence-electron chi connectivity index (χ2n) is 10.7. The number of aromatic nitrogens is 2. The van der Waals surface area contributed by atoms with Crippen molar-refractivity contribution >= 4 is 45.6 Å². The van der Waals surface area contributed by atoms with Crippen LogP contribution in [0, 0.1) is 11.7 Å². The van der Waals surface area contributed by atoms with Gasteiger partial charge < -0.3 is 24.8 Å². The molecule has 1 amide bonds. The molecule has 9 nitrogen and oxygen atoms in total. The first-order chi connectivity index (χ1) is 20.0. The number of nitrogens with zero attached hydrogens (tertiary/aromatic N) is 3. The van der Waals surface area contributed by atoms with Crippen LogP contribution in [-0.4, -0.2) is 72.4 Å². The van der Waals surface area contributed by atoms with Crippen LogP contribution < -0.4 is 15.4 Å². The third-order valence-electron chi connectivity index (χ3n) is 7.97. The predicted molar refractivity (Wildman–Crippen MR) is 155 cm³/mol. The van der Waals surface area contributed by atoms with Crippen LogP contribution in [-0.2, 0) is 14.3 Å². The number of halogens is 2. The number of anilines is 3.